The molecule has 0 spiro atoms. The third kappa shape index (κ3) is 6.26. The van der Waals surface area contributed by atoms with E-state index in [1.165, 1.54) is 25.1 Å². The summed E-state index contributed by atoms with van der Waals surface area (Å²) in [6, 6.07) is 12.6. The van der Waals surface area contributed by atoms with Gasteiger partial charge in [-0.05, 0) is 37.3 Å². The zero-order chi connectivity index (χ0) is 19.8. The summed E-state index contributed by atoms with van der Waals surface area (Å²) in [6.07, 6.45) is -1.07. The van der Waals surface area contributed by atoms with E-state index < -0.39 is 22.8 Å². The maximum absolute atomic E-state index is 12.0. The zero-order valence-corrected chi connectivity index (χ0v) is 15.8. The van der Waals surface area contributed by atoms with Gasteiger partial charge in [0.15, 0.2) is 18.5 Å². The molecule has 10 heteroatoms. The smallest absolute Gasteiger partial charge is 0.310 e. The lowest BCUT2D eigenvalue weighted by atomic mass is 10.3. The second-order valence-electron chi connectivity index (χ2n) is 5.26. The fraction of sp³-hybridized carbons (Fsp3) is 0.176. The first-order chi connectivity index (χ1) is 12.9. The normalized spacial score (nSPS) is 11.2. The Morgan fingerprint density at radius 2 is 1.81 bits per heavy atom. The van der Waals surface area contributed by atoms with Gasteiger partial charge in [-0.3, -0.25) is 30.6 Å². The largest absolute Gasteiger partial charge is 0.484 e. The van der Waals surface area contributed by atoms with Crippen molar-refractivity contribution in [3.8, 4) is 11.5 Å². The van der Waals surface area contributed by atoms with Crippen molar-refractivity contribution in [2.45, 2.75) is 13.0 Å². The summed E-state index contributed by atoms with van der Waals surface area (Å²) in [5.41, 5.74) is 4.10. The number of benzene rings is 2. The molecule has 0 saturated carbocycles. The van der Waals surface area contributed by atoms with Gasteiger partial charge < -0.3 is 9.47 Å². The second kappa shape index (κ2) is 9.53. The molecule has 1 unspecified atom stereocenters. The van der Waals surface area contributed by atoms with Crippen molar-refractivity contribution in [1.82, 2.24) is 10.9 Å². The molecule has 142 valence electrons. The molecule has 0 aliphatic heterocycles. The third-order valence-electron chi connectivity index (χ3n) is 3.24. The number of hydrazine groups is 1. The molecule has 2 rings (SSSR count). The van der Waals surface area contributed by atoms with E-state index in [1.807, 2.05) is 0 Å². The summed E-state index contributed by atoms with van der Waals surface area (Å²) in [7, 11) is 0. The molecule has 0 aliphatic rings. The lowest BCUT2D eigenvalue weighted by Gasteiger charge is -2.15. The van der Waals surface area contributed by atoms with E-state index in [-0.39, 0.29) is 18.0 Å². The Bertz CT molecular complexity index is 828. The minimum Gasteiger partial charge on any atom is -0.484 e. The molecule has 0 aromatic heterocycles. The van der Waals surface area contributed by atoms with Gasteiger partial charge in [0.2, 0.25) is 0 Å². The molecule has 0 heterocycles. The second-order valence-corrected chi connectivity index (χ2v) is 6.18. The number of hydrogen-bond donors (Lipinski definition) is 2. The molecule has 0 fully saturated rings. The van der Waals surface area contributed by atoms with E-state index >= 15 is 0 Å². The number of halogens is 1. The van der Waals surface area contributed by atoms with Crippen LogP contribution in [0.2, 0.25) is 0 Å². The number of nitro groups is 1. The van der Waals surface area contributed by atoms with Gasteiger partial charge in [0, 0.05) is 10.5 Å². The van der Waals surface area contributed by atoms with Crippen molar-refractivity contribution >= 4 is 33.4 Å². The van der Waals surface area contributed by atoms with Gasteiger partial charge >= 0.3 is 5.69 Å². The molecule has 0 saturated heterocycles. The Morgan fingerprint density at radius 3 is 2.48 bits per heavy atom. The van der Waals surface area contributed by atoms with Crippen LogP contribution in [0.1, 0.15) is 6.92 Å². The minimum atomic E-state index is -1.07. The molecular weight excluding hydrogens is 422 g/mol. The van der Waals surface area contributed by atoms with Crippen molar-refractivity contribution in [3.63, 3.8) is 0 Å². The fourth-order valence-electron chi connectivity index (χ4n) is 1.90. The quantitative estimate of drug-likeness (QED) is 0.506. The number of amides is 2. The standard InChI is InChI=1S/C17H16BrN3O6/c1-11(27-15-5-3-2-4-14(15)21(24)25)17(23)20-19-16(22)10-26-13-8-6-12(18)7-9-13/h2-9,11H,10H2,1H3,(H,19,22)(H,20,23). The van der Waals surface area contributed by atoms with Gasteiger partial charge in [0.05, 0.1) is 4.92 Å². The summed E-state index contributed by atoms with van der Waals surface area (Å²) in [5, 5.41) is 10.9. The highest BCUT2D eigenvalue weighted by molar-refractivity contribution is 9.10. The van der Waals surface area contributed by atoms with Crippen LogP contribution in [-0.4, -0.2) is 29.4 Å². The van der Waals surface area contributed by atoms with Gasteiger partial charge in [-0.15, -0.1) is 0 Å². The van der Waals surface area contributed by atoms with E-state index in [0.717, 1.165) is 4.47 Å². The first-order valence-corrected chi connectivity index (χ1v) is 8.53. The number of nitrogens with one attached hydrogen (secondary N) is 2. The van der Waals surface area contributed by atoms with Crippen LogP contribution in [0, 0.1) is 10.1 Å². The SMILES string of the molecule is CC(Oc1ccccc1[N+](=O)[O-])C(=O)NNC(=O)COc1ccc(Br)cc1. The Kier molecular flexibility index (Phi) is 7.12. The lowest BCUT2D eigenvalue weighted by Crippen LogP contribution is -2.48. The van der Waals surface area contributed by atoms with Crippen molar-refractivity contribution in [1.29, 1.82) is 0 Å². The van der Waals surface area contributed by atoms with Crippen molar-refractivity contribution in [3.05, 3.63) is 63.1 Å². The predicted molar refractivity (Wildman–Crippen MR) is 99.1 cm³/mol. The highest BCUT2D eigenvalue weighted by Crippen LogP contribution is 2.26. The zero-order valence-electron chi connectivity index (χ0n) is 14.2. The molecule has 2 aromatic rings. The van der Waals surface area contributed by atoms with Crippen LogP contribution >= 0.6 is 15.9 Å². The Hall–Kier alpha value is -3.14. The topological polar surface area (TPSA) is 120 Å². The first-order valence-electron chi connectivity index (χ1n) is 7.74. The van der Waals surface area contributed by atoms with Crippen LogP contribution in [0.25, 0.3) is 0 Å². The maximum atomic E-state index is 12.0. The number of rotatable bonds is 7. The summed E-state index contributed by atoms with van der Waals surface area (Å²) in [6.45, 7) is 1.10. The van der Waals surface area contributed by atoms with Crippen LogP contribution < -0.4 is 20.3 Å². The van der Waals surface area contributed by atoms with Gasteiger partial charge in [-0.2, -0.15) is 0 Å². The van der Waals surface area contributed by atoms with Crippen LogP contribution in [-0.2, 0) is 9.59 Å². The van der Waals surface area contributed by atoms with E-state index in [9.17, 15) is 19.7 Å². The van der Waals surface area contributed by atoms with Crippen LogP contribution in [0.3, 0.4) is 0 Å². The van der Waals surface area contributed by atoms with E-state index in [0.29, 0.717) is 5.75 Å². The summed E-state index contributed by atoms with van der Waals surface area (Å²) < 4.78 is 11.4. The molecule has 1 atom stereocenters. The number of ether oxygens (including phenoxy) is 2. The van der Waals surface area contributed by atoms with Crippen molar-refractivity contribution in [2.75, 3.05) is 6.61 Å². The number of hydrogen-bond acceptors (Lipinski definition) is 6. The number of nitro benzene ring substituents is 1. The van der Waals surface area contributed by atoms with Crippen molar-refractivity contribution in [2.24, 2.45) is 0 Å². The summed E-state index contributed by atoms with van der Waals surface area (Å²) >= 11 is 3.28. The average Bonchev–Trinajstić information content (AvgIpc) is 2.65. The Morgan fingerprint density at radius 1 is 1.15 bits per heavy atom. The maximum Gasteiger partial charge on any atom is 0.310 e. The highest BCUT2D eigenvalue weighted by atomic mass is 79.9. The number of carbonyl (C=O) groups is 2. The van der Waals surface area contributed by atoms with Gasteiger partial charge in [-0.1, -0.05) is 28.1 Å². The van der Waals surface area contributed by atoms with E-state index in [2.05, 4.69) is 26.8 Å². The predicted octanol–water partition coefficient (Wildman–Crippen LogP) is 2.35. The molecule has 2 amide bonds. The van der Waals surface area contributed by atoms with Crippen LogP contribution in [0.5, 0.6) is 11.5 Å². The Labute approximate surface area is 162 Å². The van der Waals surface area contributed by atoms with Crippen LogP contribution in [0.15, 0.2) is 53.0 Å². The minimum absolute atomic E-state index is 0.0463. The molecule has 2 N–H and O–H groups in total. The molecule has 0 radical (unpaired) electrons. The van der Waals surface area contributed by atoms with Crippen LogP contribution in [0.4, 0.5) is 5.69 Å². The molecule has 0 bridgehead atoms. The summed E-state index contributed by atoms with van der Waals surface area (Å²) in [4.78, 5) is 34.0. The van der Waals surface area contributed by atoms with Crippen molar-refractivity contribution < 1.29 is 24.0 Å². The number of nitrogens with zero attached hydrogens (tertiary/aromatic N) is 1. The van der Waals surface area contributed by atoms with E-state index in [4.69, 9.17) is 9.47 Å². The van der Waals surface area contributed by atoms with E-state index in [1.54, 1.807) is 30.3 Å². The molecule has 2 aromatic carbocycles. The van der Waals surface area contributed by atoms with Gasteiger partial charge in [0.1, 0.15) is 5.75 Å². The number of para-hydroxylation sites is 2. The molecule has 27 heavy (non-hydrogen) atoms. The fourth-order valence-corrected chi connectivity index (χ4v) is 2.16. The lowest BCUT2D eigenvalue weighted by molar-refractivity contribution is -0.386. The average molecular weight is 438 g/mol. The Balaban J connectivity index is 1.80. The van der Waals surface area contributed by atoms with Gasteiger partial charge in [-0.25, -0.2) is 0 Å². The van der Waals surface area contributed by atoms with Gasteiger partial charge in [0.25, 0.3) is 11.8 Å². The first kappa shape index (κ1) is 20.2. The molecule has 9 nitrogen and oxygen atoms in total. The molecular formula is C17H16BrN3O6. The highest BCUT2D eigenvalue weighted by Gasteiger charge is 2.21. The summed E-state index contributed by atoms with van der Waals surface area (Å²) in [5.74, 6) is -0.808. The third-order valence-corrected chi connectivity index (χ3v) is 3.77. The monoisotopic (exact) mass is 437 g/mol. The molecule has 0 aliphatic carbocycles. The number of carbonyl (C=O) groups excluding carboxylic acids is 2.